The zero-order valence-electron chi connectivity index (χ0n) is 11.7. The Labute approximate surface area is 131 Å². The van der Waals surface area contributed by atoms with Gasteiger partial charge in [0.05, 0.1) is 4.47 Å². The van der Waals surface area contributed by atoms with Gasteiger partial charge < -0.3 is 14.9 Å². The highest BCUT2D eigenvalue weighted by atomic mass is 79.9. The number of benzene rings is 2. The Bertz CT molecular complexity index is 780. The number of ether oxygens (including phenoxy) is 1. The summed E-state index contributed by atoms with van der Waals surface area (Å²) in [6.07, 6.45) is 0. The van der Waals surface area contributed by atoms with Gasteiger partial charge in [-0.1, -0.05) is 30.3 Å². The second kappa shape index (κ2) is 5.92. The van der Waals surface area contributed by atoms with E-state index in [9.17, 15) is 0 Å². The first-order valence-corrected chi connectivity index (χ1v) is 7.56. The van der Waals surface area contributed by atoms with Crippen molar-refractivity contribution in [2.45, 2.75) is 20.1 Å². The summed E-state index contributed by atoms with van der Waals surface area (Å²) in [6, 6.07) is 14.1. The van der Waals surface area contributed by atoms with Gasteiger partial charge in [-0.05, 0) is 45.8 Å². The molecular weight excluding hydrogens is 330 g/mol. The summed E-state index contributed by atoms with van der Waals surface area (Å²) in [7, 11) is 0. The molecule has 0 saturated heterocycles. The van der Waals surface area contributed by atoms with Crippen LogP contribution >= 0.6 is 15.9 Å². The lowest BCUT2D eigenvalue weighted by Gasteiger charge is -2.09. The number of fused-ring (bicyclic) bond motifs is 1. The van der Waals surface area contributed by atoms with Crippen LogP contribution in [0.2, 0.25) is 0 Å². The van der Waals surface area contributed by atoms with Crippen molar-refractivity contribution in [1.82, 2.24) is 0 Å². The van der Waals surface area contributed by atoms with Gasteiger partial charge in [0.15, 0.2) is 0 Å². The van der Waals surface area contributed by atoms with E-state index in [1.807, 2.05) is 37.3 Å². The van der Waals surface area contributed by atoms with Crippen LogP contribution in [0.25, 0.3) is 10.8 Å². The van der Waals surface area contributed by atoms with Gasteiger partial charge in [-0.15, -0.1) is 0 Å². The SMILES string of the molecule is Cc1oc(COc2ccc3ccccc3c2Br)cc1CN. The minimum absolute atomic E-state index is 0.387. The number of furan rings is 1. The summed E-state index contributed by atoms with van der Waals surface area (Å²) < 4.78 is 12.5. The predicted octanol–water partition coefficient (Wildman–Crippen LogP) is 4.54. The van der Waals surface area contributed by atoms with Crippen molar-refractivity contribution in [3.63, 3.8) is 0 Å². The van der Waals surface area contributed by atoms with Crippen molar-refractivity contribution < 1.29 is 9.15 Å². The molecule has 3 aromatic rings. The maximum Gasteiger partial charge on any atom is 0.146 e. The Kier molecular flexibility index (Phi) is 3.99. The van der Waals surface area contributed by atoms with Crippen LogP contribution in [-0.4, -0.2) is 0 Å². The fourth-order valence-electron chi connectivity index (χ4n) is 2.34. The van der Waals surface area contributed by atoms with Crippen molar-refractivity contribution in [3.05, 3.63) is 64.0 Å². The van der Waals surface area contributed by atoms with E-state index in [1.165, 1.54) is 5.39 Å². The number of rotatable bonds is 4. The van der Waals surface area contributed by atoms with E-state index in [4.69, 9.17) is 14.9 Å². The van der Waals surface area contributed by atoms with Gasteiger partial charge in [0, 0.05) is 12.1 Å². The summed E-state index contributed by atoms with van der Waals surface area (Å²) in [6.45, 7) is 2.78. The lowest BCUT2D eigenvalue weighted by atomic mass is 10.1. The molecule has 108 valence electrons. The van der Waals surface area contributed by atoms with Crippen LogP contribution in [0.3, 0.4) is 0 Å². The molecule has 3 rings (SSSR count). The zero-order valence-corrected chi connectivity index (χ0v) is 13.3. The van der Waals surface area contributed by atoms with Crippen molar-refractivity contribution in [3.8, 4) is 5.75 Å². The summed E-state index contributed by atoms with van der Waals surface area (Å²) in [5.74, 6) is 2.44. The van der Waals surface area contributed by atoms with Crippen molar-refractivity contribution in [2.24, 2.45) is 5.73 Å². The fourth-order valence-corrected chi connectivity index (χ4v) is 2.94. The molecular formula is C17H16BrNO2. The zero-order chi connectivity index (χ0) is 14.8. The lowest BCUT2D eigenvalue weighted by Crippen LogP contribution is -1.96. The maximum atomic E-state index is 5.86. The third-order valence-corrected chi connectivity index (χ3v) is 4.31. The van der Waals surface area contributed by atoms with Crippen LogP contribution in [0.4, 0.5) is 0 Å². The first kappa shape index (κ1) is 14.2. The minimum atomic E-state index is 0.387. The largest absolute Gasteiger partial charge is 0.484 e. The average molecular weight is 346 g/mol. The lowest BCUT2D eigenvalue weighted by molar-refractivity contribution is 0.266. The second-order valence-corrected chi connectivity index (χ2v) is 5.68. The van der Waals surface area contributed by atoms with Gasteiger partial charge in [0.25, 0.3) is 0 Å². The normalized spacial score (nSPS) is 11.0. The molecule has 1 heterocycles. The average Bonchev–Trinajstić information content (AvgIpc) is 2.87. The standard InChI is InChI=1S/C17H16BrNO2/c1-11-13(9-19)8-14(21-11)10-20-16-7-6-12-4-2-3-5-15(12)17(16)18/h2-8H,9-10,19H2,1H3. The Morgan fingerprint density at radius 2 is 2.00 bits per heavy atom. The summed E-state index contributed by atoms with van der Waals surface area (Å²) in [5.41, 5.74) is 6.67. The van der Waals surface area contributed by atoms with E-state index in [1.54, 1.807) is 0 Å². The van der Waals surface area contributed by atoms with Crippen LogP contribution in [0.15, 0.2) is 51.4 Å². The molecule has 2 aromatic carbocycles. The Hall–Kier alpha value is -1.78. The molecule has 4 heteroatoms. The number of hydrogen-bond donors (Lipinski definition) is 1. The van der Waals surface area contributed by atoms with Crippen molar-refractivity contribution in [1.29, 1.82) is 0 Å². The monoisotopic (exact) mass is 345 g/mol. The third kappa shape index (κ3) is 2.82. The molecule has 0 amide bonds. The Balaban J connectivity index is 1.83. The maximum absolute atomic E-state index is 5.86. The quantitative estimate of drug-likeness (QED) is 0.754. The smallest absolute Gasteiger partial charge is 0.146 e. The summed E-state index contributed by atoms with van der Waals surface area (Å²) >= 11 is 3.61. The number of nitrogens with two attached hydrogens (primary N) is 1. The molecule has 0 bridgehead atoms. The molecule has 0 aliphatic heterocycles. The molecule has 0 radical (unpaired) electrons. The van der Waals surface area contributed by atoms with Crippen LogP contribution < -0.4 is 10.5 Å². The van der Waals surface area contributed by atoms with Crippen LogP contribution in [0.1, 0.15) is 17.1 Å². The van der Waals surface area contributed by atoms with E-state index in [2.05, 4.69) is 28.1 Å². The highest BCUT2D eigenvalue weighted by Gasteiger charge is 2.09. The molecule has 0 aliphatic rings. The first-order valence-electron chi connectivity index (χ1n) is 6.77. The number of aryl methyl sites for hydroxylation is 1. The molecule has 0 spiro atoms. The number of hydrogen-bond acceptors (Lipinski definition) is 3. The van der Waals surface area contributed by atoms with Gasteiger partial charge in [-0.3, -0.25) is 0 Å². The van der Waals surface area contributed by atoms with E-state index in [-0.39, 0.29) is 0 Å². The van der Waals surface area contributed by atoms with Crippen LogP contribution in [0.5, 0.6) is 5.75 Å². The Morgan fingerprint density at radius 1 is 1.19 bits per heavy atom. The molecule has 0 atom stereocenters. The molecule has 0 saturated carbocycles. The van der Waals surface area contributed by atoms with Gasteiger partial charge in [-0.2, -0.15) is 0 Å². The molecule has 2 N–H and O–H groups in total. The fraction of sp³-hybridized carbons (Fsp3) is 0.176. The molecule has 0 aliphatic carbocycles. The van der Waals surface area contributed by atoms with Crippen LogP contribution in [0, 0.1) is 6.92 Å². The highest BCUT2D eigenvalue weighted by molar-refractivity contribution is 9.10. The van der Waals surface area contributed by atoms with E-state index < -0.39 is 0 Å². The van der Waals surface area contributed by atoms with E-state index in [0.717, 1.165) is 32.7 Å². The van der Waals surface area contributed by atoms with Crippen molar-refractivity contribution in [2.75, 3.05) is 0 Å². The summed E-state index contributed by atoms with van der Waals surface area (Å²) in [4.78, 5) is 0. The predicted molar refractivity (Wildman–Crippen MR) is 87.3 cm³/mol. The minimum Gasteiger partial charge on any atom is -0.484 e. The van der Waals surface area contributed by atoms with Gasteiger partial charge >= 0.3 is 0 Å². The van der Waals surface area contributed by atoms with Crippen LogP contribution in [-0.2, 0) is 13.2 Å². The van der Waals surface area contributed by atoms with Crippen molar-refractivity contribution >= 4 is 26.7 Å². The summed E-state index contributed by atoms with van der Waals surface area (Å²) in [5, 5.41) is 2.31. The molecule has 1 aromatic heterocycles. The van der Waals surface area contributed by atoms with E-state index >= 15 is 0 Å². The van der Waals surface area contributed by atoms with Gasteiger partial charge in [0.1, 0.15) is 23.9 Å². The highest BCUT2D eigenvalue weighted by Crippen LogP contribution is 2.33. The molecule has 3 nitrogen and oxygen atoms in total. The Morgan fingerprint density at radius 3 is 2.76 bits per heavy atom. The number of halogens is 1. The third-order valence-electron chi connectivity index (χ3n) is 3.49. The van der Waals surface area contributed by atoms with E-state index in [0.29, 0.717) is 13.2 Å². The first-order chi connectivity index (χ1) is 10.2. The molecule has 0 fully saturated rings. The molecule has 21 heavy (non-hydrogen) atoms. The second-order valence-electron chi connectivity index (χ2n) is 4.89. The van der Waals surface area contributed by atoms with Gasteiger partial charge in [0.2, 0.25) is 0 Å². The molecule has 0 unspecified atom stereocenters. The topological polar surface area (TPSA) is 48.4 Å². The van der Waals surface area contributed by atoms with Gasteiger partial charge in [-0.25, -0.2) is 0 Å².